The first-order valence-electron chi connectivity index (χ1n) is 7.90. The molecule has 0 unspecified atom stereocenters. The predicted octanol–water partition coefficient (Wildman–Crippen LogP) is 5.06. The van der Waals surface area contributed by atoms with Crippen LogP contribution in [0.25, 0.3) is 11.1 Å². The largest absolute Gasteiger partial charge is 0.0584 e. The fourth-order valence-corrected chi connectivity index (χ4v) is 4.14. The summed E-state index contributed by atoms with van der Waals surface area (Å²) in [5, 5.41) is 0. The van der Waals surface area contributed by atoms with Crippen LogP contribution in [0.5, 0.6) is 0 Å². The van der Waals surface area contributed by atoms with Gasteiger partial charge in [0.2, 0.25) is 0 Å². The lowest BCUT2D eigenvalue weighted by Gasteiger charge is -2.20. The summed E-state index contributed by atoms with van der Waals surface area (Å²) >= 11 is 0. The summed E-state index contributed by atoms with van der Waals surface area (Å²) < 4.78 is 0. The molecular formula is C20H22. The van der Waals surface area contributed by atoms with E-state index in [-0.39, 0.29) is 0 Å². The van der Waals surface area contributed by atoms with Gasteiger partial charge < -0.3 is 0 Å². The molecule has 0 amide bonds. The third-order valence-corrected chi connectivity index (χ3v) is 5.55. The van der Waals surface area contributed by atoms with Crippen LogP contribution in [0.4, 0.5) is 0 Å². The van der Waals surface area contributed by atoms with Crippen molar-refractivity contribution in [3.8, 4) is 11.1 Å². The van der Waals surface area contributed by atoms with Gasteiger partial charge in [-0.2, -0.15) is 0 Å². The highest BCUT2D eigenvalue weighted by atomic mass is 14.3. The highest BCUT2D eigenvalue weighted by molar-refractivity contribution is 5.82. The number of rotatable bonds is 0. The highest BCUT2D eigenvalue weighted by Crippen LogP contribution is 2.44. The molecule has 0 saturated carbocycles. The Kier molecular flexibility index (Phi) is 2.57. The molecule has 20 heavy (non-hydrogen) atoms. The zero-order chi connectivity index (χ0) is 13.9. The third-order valence-electron chi connectivity index (χ3n) is 5.55. The maximum Gasteiger partial charge on any atom is -0.00106 e. The van der Waals surface area contributed by atoms with Crippen molar-refractivity contribution in [2.24, 2.45) is 0 Å². The van der Waals surface area contributed by atoms with Crippen LogP contribution in [0.15, 0.2) is 18.2 Å². The lowest BCUT2D eigenvalue weighted by molar-refractivity contribution is 0.686. The predicted molar refractivity (Wildman–Crippen MR) is 85.5 cm³/mol. The molecular weight excluding hydrogens is 240 g/mol. The van der Waals surface area contributed by atoms with E-state index in [2.05, 4.69) is 39.0 Å². The second-order valence-corrected chi connectivity index (χ2v) is 6.59. The average Bonchev–Trinajstić information content (AvgIpc) is 2.84. The Balaban J connectivity index is 2.02. The van der Waals surface area contributed by atoms with Gasteiger partial charge in [-0.3, -0.25) is 0 Å². The lowest BCUT2D eigenvalue weighted by Crippen LogP contribution is -2.04. The SMILES string of the molecule is Cc1cc2c(c(C)c1C)Cc1ccc3c(c1-2)CCCC3. The molecule has 0 atom stereocenters. The zero-order valence-electron chi connectivity index (χ0n) is 12.8. The van der Waals surface area contributed by atoms with Crippen molar-refractivity contribution in [2.45, 2.75) is 52.9 Å². The van der Waals surface area contributed by atoms with Gasteiger partial charge in [0, 0.05) is 0 Å². The molecule has 2 aromatic rings. The van der Waals surface area contributed by atoms with Crippen molar-refractivity contribution >= 4 is 0 Å². The normalized spacial score (nSPS) is 15.8. The van der Waals surface area contributed by atoms with E-state index in [0.717, 1.165) is 6.42 Å². The van der Waals surface area contributed by atoms with Crippen LogP contribution in [0.3, 0.4) is 0 Å². The Labute approximate surface area is 121 Å². The van der Waals surface area contributed by atoms with Crippen LogP contribution in [0, 0.1) is 20.8 Å². The van der Waals surface area contributed by atoms with E-state index in [4.69, 9.17) is 0 Å². The van der Waals surface area contributed by atoms with E-state index in [1.54, 1.807) is 33.4 Å². The first-order valence-corrected chi connectivity index (χ1v) is 7.90. The molecule has 0 saturated heterocycles. The zero-order valence-corrected chi connectivity index (χ0v) is 12.8. The average molecular weight is 262 g/mol. The molecule has 0 radical (unpaired) electrons. The molecule has 2 aliphatic rings. The molecule has 102 valence electrons. The second-order valence-electron chi connectivity index (χ2n) is 6.59. The second kappa shape index (κ2) is 4.22. The van der Waals surface area contributed by atoms with Crippen molar-refractivity contribution in [1.82, 2.24) is 0 Å². The fourth-order valence-electron chi connectivity index (χ4n) is 4.14. The maximum absolute atomic E-state index is 2.44. The fraction of sp³-hybridized carbons (Fsp3) is 0.400. The van der Waals surface area contributed by atoms with Gasteiger partial charge in [0.25, 0.3) is 0 Å². The summed E-state index contributed by atoms with van der Waals surface area (Å²) in [6.45, 7) is 6.83. The molecule has 4 rings (SSSR count). The molecule has 0 nitrogen and oxygen atoms in total. The Hall–Kier alpha value is -1.56. The van der Waals surface area contributed by atoms with Crippen molar-refractivity contribution in [2.75, 3.05) is 0 Å². The summed E-state index contributed by atoms with van der Waals surface area (Å²) in [6.07, 6.45) is 6.43. The van der Waals surface area contributed by atoms with Crippen molar-refractivity contribution in [1.29, 1.82) is 0 Å². The summed E-state index contributed by atoms with van der Waals surface area (Å²) in [5.74, 6) is 0. The first kappa shape index (κ1) is 12.2. The Morgan fingerprint density at radius 3 is 2.40 bits per heavy atom. The summed E-state index contributed by atoms with van der Waals surface area (Å²) in [5.41, 5.74) is 14.0. The number of fused-ring (bicyclic) bond motifs is 5. The van der Waals surface area contributed by atoms with Gasteiger partial charge in [-0.15, -0.1) is 0 Å². The van der Waals surface area contributed by atoms with Gasteiger partial charge in [-0.1, -0.05) is 18.2 Å². The van der Waals surface area contributed by atoms with Crippen molar-refractivity contribution < 1.29 is 0 Å². The first-order chi connectivity index (χ1) is 9.66. The minimum atomic E-state index is 1.14. The lowest BCUT2D eigenvalue weighted by atomic mass is 9.85. The quantitative estimate of drug-likeness (QED) is 0.531. The van der Waals surface area contributed by atoms with Crippen LogP contribution in [-0.2, 0) is 19.3 Å². The minimum absolute atomic E-state index is 1.14. The van der Waals surface area contributed by atoms with Crippen LogP contribution < -0.4 is 0 Å². The van der Waals surface area contributed by atoms with E-state index in [1.165, 1.54) is 42.4 Å². The molecule has 0 heteroatoms. The number of aryl methyl sites for hydroxylation is 2. The van der Waals surface area contributed by atoms with E-state index < -0.39 is 0 Å². The monoisotopic (exact) mass is 262 g/mol. The smallest absolute Gasteiger partial charge is 0.00106 e. The van der Waals surface area contributed by atoms with Gasteiger partial charge in [0.15, 0.2) is 0 Å². The maximum atomic E-state index is 2.44. The molecule has 0 heterocycles. The van der Waals surface area contributed by atoms with Gasteiger partial charge in [-0.05, 0) is 103 Å². The van der Waals surface area contributed by atoms with Crippen LogP contribution in [0.1, 0.15) is 51.8 Å². The van der Waals surface area contributed by atoms with E-state index in [9.17, 15) is 0 Å². The van der Waals surface area contributed by atoms with Crippen LogP contribution in [0.2, 0.25) is 0 Å². The number of benzene rings is 2. The van der Waals surface area contributed by atoms with Crippen LogP contribution >= 0.6 is 0 Å². The molecule has 0 fully saturated rings. The van der Waals surface area contributed by atoms with E-state index in [1.807, 2.05) is 0 Å². The van der Waals surface area contributed by atoms with Gasteiger partial charge in [0.05, 0.1) is 0 Å². The molecule has 0 bridgehead atoms. The molecule has 0 spiro atoms. The standard InChI is InChI=1S/C20H22/c1-12-10-19-18(14(3)13(12)2)11-16-9-8-15-6-4-5-7-17(15)20(16)19/h8-10H,4-7,11H2,1-3H3. The van der Waals surface area contributed by atoms with Gasteiger partial charge >= 0.3 is 0 Å². The summed E-state index contributed by atoms with van der Waals surface area (Å²) in [4.78, 5) is 0. The number of hydrogen-bond donors (Lipinski definition) is 0. The van der Waals surface area contributed by atoms with E-state index >= 15 is 0 Å². The van der Waals surface area contributed by atoms with Crippen molar-refractivity contribution in [3.63, 3.8) is 0 Å². The van der Waals surface area contributed by atoms with Gasteiger partial charge in [0.1, 0.15) is 0 Å². The third kappa shape index (κ3) is 1.54. The molecule has 2 aliphatic carbocycles. The summed E-state index contributed by atoms with van der Waals surface area (Å²) in [7, 11) is 0. The molecule has 2 aromatic carbocycles. The van der Waals surface area contributed by atoms with Gasteiger partial charge in [-0.25, -0.2) is 0 Å². The molecule has 0 aliphatic heterocycles. The van der Waals surface area contributed by atoms with E-state index in [0.29, 0.717) is 0 Å². The summed E-state index contributed by atoms with van der Waals surface area (Å²) in [6, 6.07) is 7.23. The molecule has 0 N–H and O–H groups in total. The van der Waals surface area contributed by atoms with Crippen LogP contribution in [-0.4, -0.2) is 0 Å². The topological polar surface area (TPSA) is 0 Å². The molecule has 0 aromatic heterocycles. The van der Waals surface area contributed by atoms with Crippen molar-refractivity contribution in [3.05, 3.63) is 57.1 Å². The minimum Gasteiger partial charge on any atom is -0.0584 e. The highest BCUT2D eigenvalue weighted by Gasteiger charge is 2.26. The Bertz CT molecular complexity index is 720. The number of hydrogen-bond acceptors (Lipinski definition) is 0. The Morgan fingerprint density at radius 1 is 0.800 bits per heavy atom. The Morgan fingerprint density at radius 2 is 1.55 bits per heavy atom.